The van der Waals surface area contributed by atoms with Crippen molar-refractivity contribution in [2.45, 2.75) is 25.9 Å². The van der Waals surface area contributed by atoms with E-state index in [1.807, 2.05) is 84.9 Å². The molecule has 1 aliphatic carbocycles. The molecule has 5 aromatic rings. The summed E-state index contributed by atoms with van der Waals surface area (Å²) >= 11 is 0. The van der Waals surface area contributed by atoms with Crippen LogP contribution in [0.1, 0.15) is 28.7 Å². The molecule has 0 saturated carbocycles. The molecule has 1 aromatic heterocycles. The Bertz CT molecular complexity index is 1690. The van der Waals surface area contributed by atoms with Gasteiger partial charge in [-0.25, -0.2) is 0 Å². The summed E-state index contributed by atoms with van der Waals surface area (Å²) in [5.41, 5.74) is 9.67. The zero-order chi connectivity index (χ0) is 26.1. The third kappa shape index (κ3) is 4.27. The number of hydrogen-bond acceptors (Lipinski definition) is 5. The molecule has 38 heavy (non-hydrogen) atoms. The van der Waals surface area contributed by atoms with Crippen LogP contribution in [0.5, 0.6) is 0 Å². The van der Waals surface area contributed by atoms with E-state index < -0.39 is 5.60 Å². The lowest BCUT2D eigenvalue weighted by molar-refractivity contribution is 0.113. The topological polar surface area (TPSA) is 70.4 Å². The Kier molecular flexibility index (Phi) is 6.06. The molecule has 5 heteroatoms. The number of hydrazone groups is 1. The van der Waals surface area contributed by atoms with Crippen molar-refractivity contribution in [1.29, 1.82) is 0 Å². The number of aryl methyl sites for hydroxylation is 2. The molecule has 1 heterocycles. The number of nitrogens with one attached hydrogen (secondary N) is 1. The summed E-state index contributed by atoms with van der Waals surface area (Å²) in [4.78, 5) is 0. The Balaban J connectivity index is 1.38. The quantitative estimate of drug-likeness (QED) is 0.256. The van der Waals surface area contributed by atoms with Gasteiger partial charge in [-0.3, -0.25) is 5.43 Å². The summed E-state index contributed by atoms with van der Waals surface area (Å²) in [5, 5.41) is 27.6. The number of benzene rings is 4. The fourth-order valence-corrected chi connectivity index (χ4v) is 5.09. The molecule has 0 bridgehead atoms. The molecule has 5 nitrogen and oxygen atoms in total. The van der Waals surface area contributed by atoms with Crippen LogP contribution in [-0.4, -0.2) is 21.0 Å². The van der Waals surface area contributed by atoms with Crippen molar-refractivity contribution < 1.29 is 5.11 Å². The zero-order valence-corrected chi connectivity index (χ0v) is 21.4. The smallest absolute Gasteiger partial charge is 0.176 e. The minimum atomic E-state index is -1.18. The van der Waals surface area contributed by atoms with Gasteiger partial charge in [0.25, 0.3) is 0 Å². The van der Waals surface area contributed by atoms with Crippen LogP contribution >= 0.6 is 0 Å². The molecule has 1 atom stereocenters. The van der Waals surface area contributed by atoms with Gasteiger partial charge in [-0.05, 0) is 53.8 Å². The van der Waals surface area contributed by atoms with Crippen molar-refractivity contribution in [2.75, 3.05) is 5.43 Å². The highest BCUT2D eigenvalue weighted by Crippen LogP contribution is 2.44. The predicted molar refractivity (Wildman–Crippen MR) is 155 cm³/mol. The molecule has 1 aliphatic rings. The summed E-state index contributed by atoms with van der Waals surface area (Å²) in [6.07, 6.45) is 2.31. The second kappa shape index (κ2) is 9.69. The van der Waals surface area contributed by atoms with Crippen molar-refractivity contribution in [1.82, 2.24) is 10.2 Å². The average molecular weight is 497 g/mol. The van der Waals surface area contributed by atoms with E-state index >= 15 is 0 Å². The van der Waals surface area contributed by atoms with E-state index in [1.54, 1.807) is 0 Å². The maximum absolute atomic E-state index is 11.9. The molecule has 0 aliphatic heterocycles. The summed E-state index contributed by atoms with van der Waals surface area (Å²) in [6, 6.07) is 34.2. The number of aliphatic hydroxyl groups is 1. The number of hydrogen-bond donors (Lipinski definition) is 2. The van der Waals surface area contributed by atoms with Crippen LogP contribution in [0, 0.1) is 13.8 Å². The van der Waals surface area contributed by atoms with E-state index in [1.165, 1.54) is 11.1 Å². The van der Waals surface area contributed by atoms with Gasteiger partial charge in [0.2, 0.25) is 0 Å². The van der Waals surface area contributed by atoms with Crippen molar-refractivity contribution in [3.8, 4) is 11.3 Å². The van der Waals surface area contributed by atoms with Crippen LogP contribution in [0.3, 0.4) is 0 Å². The van der Waals surface area contributed by atoms with Gasteiger partial charge in [-0.1, -0.05) is 97.1 Å². The average Bonchev–Trinajstić information content (AvgIpc) is 3.31. The monoisotopic (exact) mass is 496 g/mol. The lowest BCUT2D eigenvalue weighted by atomic mass is 9.84. The van der Waals surface area contributed by atoms with E-state index in [2.05, 4.69) is 53.7 Å². The first-order valence-corrected chi connectivity index (χ1v) is 12.7. The molecule has 186 valence electrons. The summed E-state index contributed by atoms with van der Waals surface area (Å²) in [6.45, 7) is 4.21. The number of aromatic nitrogens is 2. The summed E-state index contributed by atoms with van der Waals surface area (Å²) < 4.78 is 0. The summed E-state index contributed by atoms with van der Waals surface area (Å²) in [7, 11) is 0. The molecule has 0 fully saturated rings. The molecule has 0 radical (unpaired) electrons. The maximum Gasteiger partial charge on any atom is 0.176 e. The maximum atomic E-state index is 11.9. The van der Waals surface area contributed by atoms with Gasteiger partial charge in [0.15, 0.2) is 5.82 Å². The number of nitrogens with zero attached hydrogens (tertiary/aromatic N) is 3. The number of rotatable bonds is 5. The minimum absolute atomic E-state index is 0.348. The van der Waals surface area contributed by atoms with Crippen LogP contribution in [0.4, 0.5) is 5.82 Å². The van der Waals surface area contributed by atoms with E-state index in [0.29, 0.717) is 12.2 Å². The first kappa shape index (κ1) is 23.8. The van der Waals surface area contributed by atoms with E-state index in [-0.39, 0.29) is 0 Å². The van der Waals surface area contributed by atoms with Gasteiger partial charge in [0.05, 0.1) is 5.71 Å². The predicted octanol–water partition coefficient (Wildman–Crippen LogP) is 7.06. The minimum Gasteiger partial charge on any atom is -0.380 e. The first-order valence-electron chi connectivity index (χ1n) is 12.7. The Morgan fingerprint density at radius 1 is 0.737 bits per heavy atom. The molecule has 2 N–H and O–H groups in total. The fourth-order valence-electron chi connectivity index (χ4n) is 5.09. The highest BCUT2D eigenvalue weighted by Gasteiger charge is 2.40. The van der Waals surface area contributed by atoms with Crippen molar-refractivity contribution in [3.63, 3.8) is 0 Å². The van der Waals surface area contributed by atoms with Gasteiger partial charge in [0, 0.05) is 22.8 Å². The number of fused-ring (bicyclic) bond motifs is 1. The SMILES string of the molecule is Cc1ccc(-c2nnc(N/N=C3\C=C(c4ccccc4)C(O)(c4ccccc4)C3)c3ccccc23)cc1C. The lowest BCUT2D eigenvalue weighted by Gasteiger charge is -2.27. The van der Waals surface area contributed by atoms with E-state index in [0.717, 1.165) is 44.4 Å². The van der Waals surface area contributed by atoms with Gasteiger partial charge in [0.1, 0.15) is 11.3 Å². The van der Waals surface area contributed by atoms with Crippen LogP contribution < -0.4 is 5.43 Å². The Morgan fingerprint density at radius 3 is 2.16 bits per heavy atom. The van der Waals surface area contributed by atoms with E-state index in [9.17, 15) is 5.11 Å². The normalized spacial score (nSPS) is 18.1. The molecule has 6 rings (SSSR count). The zero-order valence-electron chi connectivity index (χ0n) is 21.4. The van der Waals surface area contributed by atoms with Crippen molar-refractivity contribution in [2.24, 2.45) is 5.10 Å². The third-order valence-electron chi connectivity index (χ3n) is 7.30. The van der Waals surface area contributed by atoms with Crippen molar-refractivity contribution in [3.05, 3.63) is 131 Å². The van der Waals surface area contributed by atoms with Crippen LogP contribution in [0.15, 0.2) is 114 Å². The Morgan fingerprint density at radius 2 is 1.42 bits per heavy atom. The Hall–Kier alpha value is -4.61. The largest absolute Gasteiger partial charge is 0.380 e. The highest BCUT2D eigenvalue weighted by atomic mass is 16.3. The first-order chi connectivity index (χ1) is 18.5. The van der Waals surface area contributed by atoms with Gasteiger partial charge < -0.3 is 5.11 Å². The molecule has 0 saturated heterocycles. The molecule has 0 spiro atoms. The third-order valence-corrected chi connectivity index (χ3v) is 7.30. The second-order valence-electron chi connectivity index (χ2n) is 9.78. The molecule has 0 amide bonds. The van der Waals surface area contributed by atoms with Crippen LogP contribution in [0.2, 0.25) is 0 Å². The molecule has 4 aromatic carbocycles. The van der Waals surface area contributed by atoms with Gasteiger partial charge in [-0.15, -0.1) is 10.2 Å². The molecular weight excluding hydrogens is 468 g/mol. The number of anilines is 1. The van der Waals surface area contributed by atoms with Crippen LogP contribution in [0.25, 0.3) is 27.6 Å². The van der Waals surface area contributed by atoms with Gasteiger partial charge >= 0.3 is 0 Å². The van der Waals surface area contributed by atoms with Gasteiger partial charge in [-0.2, -0.15) is 5.10 Å². The summed E-state index contributed by atoms with van der Waals surface area (Å²) in [5.74, 6) is 0.575. The Labute approximate surface area is 222 Å². The number of allylic oxidation sites excluding steroid dienone is 1. The second-order valence-corrected chi connectivity index (χ2v) is 9.78. The lowest BCUT2D eigenvalue weighted by Crippen LogP contribution is -2.25. The standard InChI is InChI=1S/C33H28N4O/c1-22-17-18-25(19-23(22)2)31-28-15-9-10-16-29(28)32(37-35-31)36-34-27-20-30(24-11-5-3-6-12-24)33(38,21-27)26-13-7-4-8-14-26/h3-20,38H,21H2,1-2H3,(H,36,37)/b34-27+. The van der Waals surface area contributed by atoms with Crippen molar-refractivity contribution >= 4 is 27.9 Å². The van der Waals surface area contributed by atoms with Crippen LogP contribution in [-0.2, 0) is 5.60 Å². The van der Waals surface area contributed by atoms with E-state index in [4.69, 9.17) is 5.10 Å². The fraction of sp³-hybridized carbons (Fsp3) is 0.121. The highest BCUT2D eigenvalue weighted by molar-refractivity contribution is 6.09. The molecule has 1 unspecified atom stereocenters. The molecular formula is C33H28N4O.